The lowest BCUT2D eigenvalue weighted by atomic mass is 10.1. The third-order valence-electron chi connectivity index (χ3n) is 3.19. The van der Waals surface area contributed by atoms with Crippen LogP contribution < -0.4 is 20.5 Å². The van der Waals surface area contributed by atoms with Gasteiger partial charge in [-0.25, -0.2) is 4.98 Å². The molecule has 110 valence electrons. The molecule has 0 saturated heterocycles. The van der Waals surface area contributed by atoms with Gasteiger partial charge < -0.3 is 20.5 Å². The van der Waals surface area contributed by atoms with Gasteiger partial charge in [-0.1, -0.05) is 6.07 Å². The van der Waals surface area contributed by atoms with Crippen LogP contribution >= 0.6 is 11.3 Å². The van der Waals surface area contributed by atoms with E-state index in [2.05, 4.69) is 10.3 Å². The fourth-order valence-electron chi connectivity index (χ4n) is 2.13. The third-order valence-corrected chi connectivity index (χ3v) is 3.91. The van der Waals surface area contributed by atoms with E-state index >= 15 is 0 Å². The maximum Gasteiger partial charge on any atom is 0.231 e. The first-order chi connectivity index (χ1) is 10.1. The highest BCUT2D eigenvalue weighted by Gasteiger charge is 2.17. The molecule has 2 aromatic rings. The lowest BCUT2D eigenvalue weighted by molar-refractivity contribution is -0.121. The normalized spacial score (nSPS) is 14.0. The Hall–Kier alpha value is -2.28. The summed E-state index contributed by atoms with van der Waals surface area (Å²) in [4.78, 5) is 16.1. The van der Waals surface area contributed by atoms with Gasteiger partial charge in [0.2, 0.25) is 12.7 Å². The second-order valence-corrected chi connectivity index (χ2v) is 5.65. The highest BCUT2D eigenvalue weighted by atomic mass is 32.1. The molecule has 0 spiro atoms. The van der Waals surface area contributed by atoms with Gasteiger partial charge in [-0.3, -0.25) is 4.79 Å². The van der Waals surface area contributed by atoms with Crippen molar-refractivity contribution < 1.29 is 14.3 Å². The van der Waals surface area contributed by atoms with Crippen LogP contribution in [0.4, 0.5) is 5.13 Å². The second kappa shape index (κ2) is 5.61. The van der Waals surface area contributed by atoms with E-state index in [4.69, 9.17) is 15.2 Å². The van der Waals surface area contributed by atoms with Crippen LogP contribution in [0.2, 0.25) is 0 Å². The molecular formula is C14H15N3O3S. The van der Waals surface area contributed by atoms with E-state index in [9.17, 15) is 4.79 Å². The molecule has 21 heavy (non-hydrogen) atoms. The summed E-state index contributed by atoms with van der Waals surface area (Å²) < 4.78 is 10.6. The molecule has 1 aromatic carbocycles. The second-order valence-electron chi connectivity index (χ2n) is 4.76. The van der Waals surface area contributed by atoms with Crippen molar-refractivity contribution in [3.8, 4) is 11.5 Å². The number of nitrogens with one attached hydrogen (secondary N) is 1. The topological polar surface area (TPSA) is 86.5 Å². The van der Waals surface area contributed by atoms with Gasteiger partial charge in [0, 0.05) is 5.38 Å². The summed E-state index contributed by atoms with van der Waals surface area (Å²) in [5.74, 6) is 1.35. The fraction of sp³-hybridized carbons (Fsp3) is 0.286. The number of carbonyl (C=O) groups excluding carboxylic acids is 1. The van der Waals surface area contributed by atoms with Gasteiger partial charge >= 0.3 is 0 Å². The largest absolute Gasteiger partial charge is 0.454 e. The van der Waals surface area contributed by atoms with E-state index in [1.807, 2.05) is 25.1 Å². The number of thiazole rings is 1. The molecular weight excluding hydrogens is 290 g/mol. The lowest BCUT2D eigenvalue weighted by Gasteiger charge is -2.14. The molecule has 1 aromatic heterocycles. The van der Waals surface area contributed by atoms with Crippen molar-refractivity contribution in [1.82, 2.24) is 10.3 Å². The standard InChI is InChI=1S/C14H15N3O3S/c1-8(9-2-3-11-12(4-9)20-7-19-11)16-13(18)5-10-6-21-14(15)17-10/h2-4,6,8H,5,7H2,1H3,(H2,15,17)(H,16,18). The van der Waals surface area contributed by atoms with Gasteiger partial charge in [-0.2, -0.15) is 0 Å². The molecule has 3 rings (SSSR count). The van der Waals surface area contributed by atoms with Crippen molar-refractivity contribution in [3.05, 3.63) is 34.8 Å². The molecule has 1 atom stereocenters. The number of amides is 1. The number of nitrogen functional groups attached to an aromatic ring is 1. The van der Waals surface area contributed by atoms with Crippen LogP contribution in [-0.2, 0) is 11.2 Å². The number of carbonyl (C=O) groups is 1. The first kappa shape index (κ1) is 13.7. The molecule has 0 radical (unpaired) electrons. The van der Waals surface area contributed by atoms with Gasteiger partial charge in [-0.15, -0.1) is 11.3 Å². The van der Waals surface area contributed by atoms with E-state index in [0.717, 1.165) is 11.3 Å². The van der Waals surface area contributed by atoms with Crippen LogP contribution in [0.25, 0.3) is 0 Å². The molecule has 2 heterocycles. The van der Waals surface area contributed by atoms with Crippen LogP contribution in [0.15, 0.2) is 23.6 Å². The maximum absolute atomic E-state index is 12.0. The number of ether oxygens (including phenoxy) is 2. The summed E-state index contributed by atoms with van der Waals surface area (Å²) in [6.07, 6.45) is 0.225. The third kappa shape index (κ3) is 3.08. The number of hydrogen-bond donors (Lipinski definition) is 2. The predicted octanol–water partition coefficient (Wildman–Crippen LogP) is 1.87. The number of aromatic nitrogens is 1. The van der Waals surface area contributed by atoms with E-state index in [1.54, 1.807) is 5.38 Å². The quantitative estimate of drug-likeness (QED) is 0.900. The van der Waals surface area contributed by atoms with Crippen molar-refractivity contribution in [2.75, 3.05) is 12.5 Å². The van der Waals surface area contributed by atoms with Crippen LogP contribution in [0.3, 0.4) is 0 Å². The Bertz CT molecular complexity index is 671. The Morgan fingerprint density at radius 2 is 2.29 bits per heavy atom. The van der Waals surface area contributed by atoms with Crippen molar-refractivity contribution in [2.24, 2.45) is 0 Å². The first-order valence-electron chi connectivity index (χ1n) is 6.50. The zero-order valence-electron chi connectivity index (χ0n) is 11.5. The number of nitrogens with zero attached hydrogens (tertiary/aromatic N) is 1. The molecule has 1 aliphatic heterocycles. The Labute approximate surface area is 125 Å². The van der Waals surface area contributed by atoms with E-state index in [1.165, 1.54) is 11.3 Å². The predicted molar refractivity (Wildman–Crippen MR) is 79.4 cm³/mol. The molecule has 1 aliphatic rings. The average Bonchev–Trinajstić information content (AvgIpc) is 3.06. The molecule has 1 amide bonds. The van der Waals surface area contributed by atoms with E-state index in [-0.39, 0.29) is 25.2 Å². The molecule has 3 N–H and O–H groups in total. The Balaban J connectivity index is 1.63. The molecule has 0 saturated carbocycles. The highest BCUT2D eigenvalue weighted by Crippen LogP contribution is 2.34. The van der Waals surface area contributed by atoms with Crippen LogP contribution in [0.5, 0.6) is 11.5 Å². The molecule has 0 aliphatic carbocycles. The van der Waals surface area contributed by atoms with Gasteiger partial charge in [0.05, 0.1) is 18.2 Å². The van der Waals surface area contributed by atoms with Crippen molar-refractivity contribution in [2.45, 2.75) is 19.4 Å². The number of benzene rings is 1. The summed E-state index contributed by atoms with van der Waals surface area (Å²) >= 11 is 1.33. The minimum atomic E-state index is -0.122. The van der Waals surface area contributed by atoms with Gasteiger partial charge in [-0.05, 0) is 24.6 Å². The average molecular weight is 305 g/mol. The Kier molecular flexibility index (Phi) is 3.66. The Morgan fingerprint density at radius 3 is 3.05 bits per heavy atom. The van der Waals surface area contributed by atoms with Gasteiger partial charge in [0.25, 0.3) is 0 Å². The number of nitrogens with two attached hydrogens (primary N) is 1. The zero-order chi connectivity index (χ0) is 14.8. The molecule has 6 nitrogen and oxygen atoms in total. The van der Waals surface area contributed by atoms with Crippen molar-refractivity contribution >= 4 is 22.4 Å². The fourth-order valence-corrected chi connectivity index (χ4v) is 2.69. The van der Waals surface area contributed by atoms with Crippen LogP contribution in [-0.4, -0.2) is 17.7 Å². The summed E-state index contributed by atoms with van der Waals surface area (Å²) in [5, 5.41) is 5.20. The summed E-state index contributed by atoms with van der Waals surface area (Å²) in [6.45, 7) is 2.16. The summed E-state index contributed by atoms with van der Waals surface area (Å²) in [5.41, 5.74) is 7.20. The van der Waals surface area contributed by atoms with Gasteiger partial charge in [0.1, 0.15) is 0 Å². The van der Waals surface area contributed by atoms with E-state index < -0.39 is 0 Å². The number of fused-ring (bicyclic) bond motifs is 1. The van der Waals surface area contributed by atoms with Crippen LogP contribution in [0.1, 0.15) is 24.2 Å². The number of hydrogen-bond acceptors (Lipinski definition) is 6. The zero-order valence-corrected chi connectivity index (χ0v) is 12.3. The lowest BCUT2D eigenvalue weighted by Crippen LogP contribution is -2.28. The van der Waals surface area contributed by atoms with Crippen LogP contribution in [0, 0.1) is 0 Å². The minimum Gasteiger partial charge on any atom is -0.454 e. The first-order valence-corrected chi connectivity index (χ1v) is 7.38. The van der Waals surface area contributed by atoms with Crippen molar-refractivity contribution in [3.63, 3.8) is 0 Å². The monoisotopic (exact) mass is 305 g/mol. The molecule has 0 fully saturated rings. The summed E-state index contributed by atoms with van der Waals surface area (Å²) in [6, 6.07) is 5.53. The smallest absolute Gasteiger partial charge is 0.231 e. The van der Waals surface area contributed by atoms with Gasteiger partial charge in [0.15, 0.2) is 16.6 Å². The summed E-state index contributed by atoms with van der Waals surface area (Å²) in [7, 11) is 0. The number of rotatable bonds is 4. The maximum atomic E-state index is 12.0. The SMILES string of the molecule is CC(NC(=O)Cc1csc(N)n1)c1ccc2c(c1)OCO2. The molecule has 7 heteroatoms. The molecule has 1 unspecified atom stereocenters. The Morgan fingerprint density at radius 1 is 1.48 bits per heavy atom. The van der Waals surface area contributed by atoms with E-state index in [0.29, 0.717) is 16.6 Å². The van der Waals surface area contributed by atoms with Crippen molar-refractivity contribution in [1.29, 1.82) is 0 Å². The number of anilines is 1. The highest BCUT2D eigenvalue weighted by molar-refractivity contribution is 7.13. The molecule has 0 bridgehead atoms. The minimum absolute atomic E-state index is 0.0922.